The Labute approximate surface area is 406 Å². The molecule has 3 nitrogen and oxygen atoms in total. The lowest BCUT2D eigenvalue weighted by atomic mass is 9.89. The quantitative estimate of drug-likeness (QED) is 0.136. The molecule has 0 atom stereocenters. The molecule has 0 N–H and O–H groups in total. The van der Waals surface area contributed by atoms with Crippen LogP contribution in [0.4, 0.5) is 34.1 Å². The Kier molecular flexibility index (Phi) is 11.3. The van der Waals surface area contributed by atoms with Crippen molar-refractivity contribution in [3.63, 3.8) is 0 Å². The number of anilines is 6. The summed E-state index contributed by atoms with van der Waals surface area (Å²) >= 11 is 0. The van der Waals surface area contributed by atoms with E-state index in [0.717, 1.165) is 39.8 Å². The monoisotopic (exact) mass is 889 g/mol. The molecule has 0 radical (unpaired) electrons. The Bertz CT molecular complexity index is 3380. The SMILES string of the molecule is Cc1ccc(N(c2ccc(C)cc2)c2ccc(C)c(-c3cc(-c4ccc5c(c4)c4ccccc4n5-c4ccccc4)cc(-c4cc(N(c5ccc(C)cc5)c5ccc(C)cc5)ccc4C)c3)c2)cc1. The molecule has 0 saturated carbocycles. The van der Waals surface area contributed by atoms with E-state index in [9.17, 15) is 0 Å². The van der Waals surface area contributed by atoms with Gasteiger partial charge in [0.25, 0.3) is 0 Å². The minimum Gasteiger partial charge on any atom is -0.310 e. The number of benzene rings is 10. The normalized spacial score (nSPS) is 11.3. The van der Waals surface area contributed by atoms with Crippen molar-refractivity contribution in [2.45, 2.75) is 41.5 Å². The highest BCUT2D eigenvalue weighted by Gasteiger charge is 2.20. The molecule has 1 heterocycles. The number of nitrogens with zero attached hydrogens (tertiary/aromatic N) is 3. The number of aryl methyl sites for hydroxylation is 6. The lowest BCUT2D eigenvalue weighted by Crippen LogP contribution is -2.10. The molecule has 0 aliphatic heterocycles. The molecule has 0 spiro atoms. The van der Waals surface area contributed by atoms with E-state index in [1.807, 2.05) is 0 Å². The third-order valence-corrected chi connectivity index (χ3v) is 13.7. The Hall–Kier alpha value is -8.40. The number of fused-ring (bicyclic) bond motifs is 3. The highest BCUT2D eigenvalue weighted by Crippen LogP contribution is 2.44. The summed E-state index contributed by atoms with van der Waals surface area (Å²) in [6.07, 6.45) is 0. The van der Waals surface area contributed by atoms with Gasteiger partial charge in [-0.25, -0.2) is 0 Å². The van der Waals surface area contributed by atoms with Gasteiger partial charge >= 0.3 is 0 Å². The number of hydrogen-bond acceptors (Lipinski definition) is 2. The van der Waals surface area contributed by atoms with Crippen LogP contribution in [0, 0.1) is 41.5 Å². The average Bonchev–Trinajstić information content (AvgIpc) is 3.71. The van der Waals surface area contributed by atoms with Crippen LogP contribution in [0.15, 0.2) is 224 Å². The standard InChI is InChI=1S/C66H55N3/c1-44-16-27-55(28-17-44)67(56-29-18-45(2)19-30-56)59-35-24-48(5)62(42-59)52-38-51(50-26-37-66-64(41-50)61-14-10-11-15-65(61)69(66)54-12-8-7-9-13-54)39-53(40-52)63-43-60(36-25-49(63)6)68(57-31-20-46(3)21-32-57)58-33-22-47(4)23-34-58/h7-43H,1-6H3. The number of para-hydroxylation sites is 2. The number of aromatic nitrogens is 1. The second-order valence-corrected chi connectivity index (χ2v) is 18.7. The fraction of sp³-hybridized carbons (Fsp3) is 0.0909. The maximum absolute atomic E-state index is 2.41. The molecule has 0 fully saturated rings. The van der Waals surface area contributed by atoms with Gasteiger partial charge in [-0.15, -0.1) is 0 Å². The topological polar surface area (TPSA) is 11.4 Å². The first-order valence-electron chi connectivity index (χ1n) is 24.0. The van der Waals surface area contributed by atoms with Gasteiger partial charge in [-0.2, -0.15) is 0 Å². The Morgan fingerprint density at radius 2 is 0.667 bits per heavy atom. The lowest BCUT2D eigenvalue weighted by Gasteiger charge is -2.27. The predicted octanol–water partition coefficient (Wildman–Crippen LogP) is 18.6. The molecule has 11 aromatic rings. The molecule has 334 valence electrons. The molecule has 0 saturated heterocycles. The second kappa shape index (κ2) is 18.0. The zero-order chi connectivity index (χ0) is 47.2. The fourth-order valence-corrected chi connectivity index (χ4v) is 9.90. The summed E-state index contributed by atoms with van der Waals surface area (Å²) in [7, 11) is 0. The molecule has 3 heteroatoms. The Morgan fingerprint density at radius 1 is 0.275 bits per heavy atom. The van der Waals surface area contributed by atoms with Crippen molar-refractivity contribution in [1.29, 1.82) is 0 Å². The van der Waals surface area contributed by atoms with Crippen molar-refractivity contribution >= 4 is 55.9 Å². The van der Waals surface area contributed by atoms with Crippen LogP contribution in [0.25, 0.3) is 60.9 Å². The van der Waals surface area contributed by atoms with E-state index in [4.69, 9.17) is 0 Å². The summed E-state index contributed by atoms with van der Waals surface area (Å²) in [6.45, 7) is 13.1. The highest BCUT2D eigenvalue weighted by molar-refractivity contribution is 6.10. The molecular formula is C66H55N3. The Balaban J connectivity index is 1.13. The minimum absolute atomic E-state index is 1.11. The van der Waals surface area contributed by atoms with E-state index in [2.05, 4.69) is 280 Å². The maximum atomic E-state index is 2.41. The van der Waals surface area contributed by atoms with E-state index in [1.54, 1.807) is 0 Å². The van der Waals surface area contributed by atoms with Crippen LogP contribution in [-0.4, -0.2) is 4.57 Å². The third-order valence-electron chi connectivity index (χ3n) is 13.7. The molecule has 0 aliphatic carbocycles. The van der Waals surface area contributed by atoms with Gasteiger partial charge in [-0.1, -0.05) is 125 Å². The first kappa shape index (κ1) is 43.2. The maximum Gasteiger partial charge on any atom is 0.0541 e. The van der Waals surface area contributed by atoms with Gasteiger partial charge in [0, 0.05) is 50.6 Å². The number of rotatable bonds is 10. The fourth-order valence-electron chi connectivity index (χ4n) is 9.90. The Morgan fingerprint density at radius 3 is 1.13 bits per heavy atom. The number of hydrogen-bond donors (Lipinski definition) is 0. The minimum atomic E-state index is 1.11. The largest absolute Gasteiger partial charge is 0.310 e. The third kappa shape index (κ3) is 8.38. The molecule has 0 bridgehead atoms. The molecule has 0 amide bonds. The molecule has 10 aromatic carbocycles. The van der Waals surface area contributed by atoms with Crippen LogP contribution < -0.4 is 9.80 Å². The van der Waals surface area contributed by atoms with Crippen molar-refractivity contribution in [1.82, 2.24) is 4.57 Å². The summed E-state index contributed by atoms with van der Waals surface area (Å²) in [5.41, 5.74) is 24.7. The molecule has 0 unspecified atom stereocenters. The summed E-state index contributed by atoms with van der Waals surface area (Å²) in [5, 5.41) is 2.47. The van der Waals surface area contributed by atoms with Crippen LogP contribution >= 0.6 is 0 Å². The molecule has 11 rings (SSSR count). The van der Waals surface area contributed by atoms with E-state index in [-0.39, 0.29) is 0 Å². The zero-order valence-electron chi connectivity index (χ0n) is 40.2. The first-order valence-corrected chi connectivity index (χ1v) is 24.0. The molecule has 1 aromatic heterocycles. The van der Waals surface area contributed by atoms with Gasteiger partial charge in [-0.3, -0.25) is 0 Å². The van der Waals surface area contributed by atoms with Crippen LogP contribution in [0.1, 0.15) is 33.4 Å². The summed E-state index contributed by atoms with van der Waals surface area (Å²) in [5.74, 6) is 0. The molecule has 69 heavy (non-hydrogen) atoms. The van der Waals surface area contributed by atoms with E-state index in [1.165, 1.54) is 88.6 Å². The van der Waals surface area contributed by atoms with Gasteiger partial charge < -0.3 is 14.4 Å². The zero-order valence-corrected chi connectivity index (χ0v) is 40.2. The second-order valence-electron chi connectivity index (χ2n) is 18.7. The average molecular weight is 890 g/mol. The van der Waals surface area contributed by atoms with E-state index < -0.39 is 0 Å². The van der Waals surface area contributed by atoms with Crippen molar-refractivity contribution in [3.05, 3.63) is 258 Å². The van der Waals surface area contributed by atoms with Gasteiger partial charge in [0.1, 0.15) is 0 Å². The van der Waals surface area contributed by atoms with Crippen LogP contribution in [-0.2, 0) is 0 Å². The van der Waals surface area contributed by atoms with Crippen LogP contribution in [0.5, 0.6) is 0 Å². The highest BCUT2D eigenvalue weighted by atomic mass is 15.1. The first-order chi connectivity index (χ1) is 33.6. The van der Waals surface area contributed by atoms with Gasteiger partial charge in [0.05, 0.1) is 11.0 Å². The van der Waals surface area contributed by atoms with Crippen molar-refractivity contribution in [3.8, 4) is 39.1 Å². The smallest absolute Gasteiger partial charge is 0.0541 e. The van der Waals surface area contributed by atoms with Gasteiger partial charge in [-0.05, 0) is 207 Å². The predicted molar refractivity (Wildman–Crippen MR) is 295 cm³/mol. The van der Waals surface area contributed by atoms with E-state index in [0.29, 0.717) is 0 Å². The van der Waals surface area contributed by atoms with Crippen LogP contribution in [0.2, 0.25) is 0 Å². The van der Waals surface area contributed by atoms with Crippen molar-refractivity contribution in [2.75, 3.05) is 9.80 Å². The van der Waals surface area contributed by atoms with Crippen LogP contribution in [0.3, 0.4) is 0 Å². The van der Waals surface area contributed by atoms with E-state index >= 15 is 0 Å². The molecular weight excluding hydrogens is 835 g/mol. The summed E-state index contributed by atoms with van der Waals surface area (Å²) in [4.78, 5) is 4.75. The van der Waals surface area contributed by atoms with Crippen molar-refractivity contribution in [2.24, 2.45) is 0 Å². The van der Waals surface area contributed by atoms with Gasteiger partial charge in [0.15, 0.2) is 0 Å². The summed E-state index contributed by atoms with van der Waals surface area (Å²) in [6, 6.07) is 83.0. The lowest BCUT2D eigenvalue weighted by molar-refractivity contribution is 1.18. The van der Waals surface area contributed by atoms with Gasteiger partial charge in [0.2, 0.25) is 0 Å². The van der Waals surface area contributed by atoms with Crippen molar-refractivity contribution < 1.29 is 0 Å². The molecule has 0 aliphatic rings. The summed E-state index contributed by atoms with van der Waals surface area (Å²) < 4.78 is 2.39.